The van der Waals surface area contributed by atoms with Crippen molar-refractivity contribution in [2.24, 2.45) is 0 Å². The number of carbonyl (C=O) groups is 1. The lowest BCUT2D eigenvalue weighted by molar-refractivity contribution is -0.117. The minimum absolute atomic E-state index is 0.0423. The molecule has 2 atom stereocenters. The Morgan fingerprint density at radius 3 is 2.65 bits per heavy atom. The highest BCUT2D eigenvalue weighted by Crippen LogP contribution is 2.34. The maximum absolute atomic E-state index is 14.3. The second-order valence-electron chi connectivity index (χ2n) is 8.32. The Bertz CT molecular complexity index is 1340. The molecule has 1 amide bonds. The van der Waals surface area contributed by atoms with E-state index in [1.54, 1.807) is 30.3 Å². The summed E-state index contributed by atoms with van der Waals surface area (Å²) < 4.78 is 22.0. The van der Waals surface area contributed by atoms with E-state index in [2.05, 4.69) is 0 Å². The monoisotopic (exact) mass is 479 g/mol. The van der Waals surface area contributed by atoms with Gasteiger partial charge in [0.2, 0.25) is 5.91 Å². The highest BCUT2D eigenvalue weighted by molar-refractivity contribution is 6.32. The second-order valence-corrected chi connectivity index (χ2v) is 8.73. The molecule has 0 aliphatic carbocycles. The Kier molecular flexibility index (Phi) is 6.22. The van der Waals surface area contributed by atoms with Crippen molar-refractivity contribution >= 4 is 34.2 Å². The van der Waals surface area contributed by atoms with Gasteiger partial charge in [-0.1, -0.05) is 48.0 Å². The minimum atomic E-state index is -0.840. The number of nitrogens with zero attached hydrogens (tertiary/aromatic N) is 3. The summed E-state index contributed by atoms with van der Waals surface area (Å²) in [6.45, 7) is 0.584. The van der Waals surface area contributed by atoms with Crippen molar-refractivity contribution in [2.75, 3.05) is 18.1 Å². The lowest BCUT2D eigenvalue weighted by Gasteiger charge is -2.19. The molecule has 2 heterocycles. The highest BCUT2D eigenvalue weighted by Gasteiger charge is 2.36. The van der Waals surface area contributed by atoms with Crippen molar-refractivity contribution < 1.29 is 19.0 Å². The number of hydrogen-bond acceptors (Lipinski definition) is 4. The number of aliphatic hydroxyl groups excluding tert-OH is 1. The summed E-state index contributed by atoms with van der Waals surface area (Å²) >= 11 is 6.14. The van der Waals surface area contributed by atoms with Gasteiger partial charge in [0.25, 0.3) is 0 Å². The Balaban J connectivity index is 1.40. The molecule has 0 bridgehead atoms. The van der Waals surface area contributed by atoms with Gasteiger partial charge in [-0.2, -0.15) is 0 Å². The molecule has 1 N–H and O–H groups in total. The Morgan fingerprint density at radius 1 is 1.09 bits per heavy atom. The van der Waals surface area contributed by atoms with Gasteiger partial charge in [-0.15, -0.1) is 0 Å². The van der Waals surface area contributed by atoms with Gasteiger partial charge in [0.05, 0.1) is 28.3 Å². The van der Waals surface area contributed by atoms with E-state index >= 15 is 0 Å². The van der Waals surface area contributed by atoms with E-state index in [9.17, 15) is 14.3 Å². The molecule has 6 nitrogen and oxygen atoms in total. The lowest BCUT2D eigenvalue weighted by Crippen LogP contribution is -2.27. The number of halogens is 2. The summed E-state index contributed by atoms with van der Waals surface area (Å²) in [6.07, 6.45) is -0.628. The summed E-state index contributed by atoms with van der Waals surface area (Å²) in [6, 6.07) is 21.0. The van der Waals surface area contributed by atoms with E-state index < -0.39 is 11.9 Å². The van der Waals surface area contributed by atoms with E-state index in [0.29, 0.717) is 23.1 Å². The van der Waals surface area contributed by atoms with Crippen LogP contribution in [0.25, 0.3) is 11.0 Å². The largest absolute Gasteiger partial charge is 0.489 e. The number of fused-ring (bicyclic) bond motifs is 1. The number of hydrogen-bond donors (Lipinski definition) is 1. The SMILES string of the molecule is O=C1C[C@@H](c2nc3ccccc3n2C[C@@H](O)COc2ccccc2Cl)CN1c1ccccc1F. The summed E-state index contributed by atoms with van der Waals surface area (Å²) in [7, 11) is 0. The number of amides is 1. The molecule has 5 rings (SSSR count). The molecule has 4 aromatic rings. The van der Waals surface area contributed by atoms with Gasteiger partial charge in [-0.25, -0.2) is 9.37 Å². The number of carbonyl (C=O) groups excluding carboxylic acids is 1. The first-order valence-corrected chi connectivity index (χ1v) is 11.4. The molecule has 0 radical (unpaired) electrons. The summed E-state index contributed by atoms with van der Waals surface area (Å²) in [5.74, 6) is 0.357. The van der Waals surface area contributed by atoms with Crippen LogP contribution in [0.5, 0.6) is 5.75 Å². The molecule has 8 heteroatoms. The normalized spacial score (nSPS) is 16.9. The zero-order valence-corrected chi connectivity index (χ0v) is 19.0. The van der Waals surface area contributed by atoms with Crippen molar-refractivity contribution in [3.8, 4) is 5.75 Å². The molecule has 1 aliphatic rings. The summed E-state index contributed by atoms with van der Waals surface area (Å²) in [4.78, 5) is 19.0. The minimum Gasteiger partial charge on any atom is -0.489 e. The van der Waals surface area contributed by atoms with Crippen LogP contribution in [0.4, 0.5) is 10.1 Å². The molecule has 3 aromatic carbocycles. The number of para-hydroxylation sites is 4. The van der Waals surface area contributed by atoms with Crippen LogP contribution in [0.2, 0.25) is 5.02 Å². The number of ether oxygens (including phenoxy) is 1. The van der Waals surface area contributed by atoms with E-state index in [4.69, 9.17) is 21.3 Å². The highest BCUT2D eigenvalue weighted by atomic mass is 35.5. The molecule has 0 spiro atoms. The smallest absolute Gasteiger partial charge is 0.227 e. The van der Waals surface area contributed by atoms with Crippen molar-refractivity contribution in [3.05, 3.63) is 89.5 Å². The molecule has 1 aromatic heterocycles. The second kappa shape index (κ2) is 9.44. The zero-order chi connectivity index (χ0) is 23.7. The molecule has 174 valence electrons. The number of anilines is 1. The van der Waals surface area contributed by atoms with E-state index in [0.717, 1.165) is 11.0 Å². The quantitative estimate of drug-likeness (QED) is 0.414. The first-order chi connectivity index (χ1) is 16.5. The van der Waals surface area contributed by atoms with Crippen LogP contribution < -0.4 is 9.64 Å². The first kappa shape index (κ1) is 22.4. The molecule has 1 fully saturated rings. The third-order valence-electron chi connectivity index (χ3n) is 5.98. The fourth-order valence-corrected chi connectivity index (χ4v) is 4.58. The molecule has 0 unspecified atom stereocenters. The van der Waals surface area contributed by atoms with Crippen LogP contribution >= 0.6 is 11.6 Å². The van der Waals surface area contributed by atoms with E-state index in [1.807, 2.05) is 41.0 Å². The number of aliphatic hydroxyl groups is 1. The zero-order valence-electron chi connectivity index (χ0n) is 18.3. The number of aromatic nitrogens is 2. The Hall–Kier alpha value is -3.42. The maximum atomic E-state index is 14.3. The van der Waals surface area contributed by atoms with E-state index in [-0.39, 0.29) is 37.1 Å². The van der Waals surface area contributed by atoms with Crippen LogP contribution in [-0.4, -0.2) is 39.8 Å². The van der Waals surface area contributed by atoms with Gasteiger partial charge in [0, 0.05) is 18.9 Å². The predicted molar refractivity (Wildman–Crippen MR) is 129 cm³/mol. The molecule has 34 heavy (non-hydrogen) atoms. The van der Waals surface area contributed by atoms with Gasteiger partial charge >= 0.3 is 0 Å². The van der Waals surface area contributed by atoms with Crippen LogP contribution in [0.3, 0.4) is 0 Å². The van der Waals surface area contributed by atoms with Crippen LogP contribution in [0.1, 0.15) is 18.2 Å². The number of benzene rings is 3. The van der Waals surface area contributed by atoms with Gasteiger partial charge in [-0.05, 0) is 36.4 Å². The Morgan fingerprint density at radius 2 is 1.82 bits per heavy atom. The molecular formula is C26H23ClFN3O3. The molecule has 1 aliphatic heterocycles. The van der Waals surface area contributed by atoms with Crippen LogP contribution in [-0.2, 0) is 11.3 Å². The third kappa shape index (κ3) is 4.36. The fourth-order valence-electron chi connectivity index (χ4n) is 4.39. The average molecular weight is 480 g/mol. The van der Waals surface area contributed by atoms with Gasteiger partial charge < -0.3 is 19.3 Å². The topological polar surface area (TPSA) is 67.6 Å². The summed E-state index contributed by atoms with van der Waals surface area (Å²) in [5.41, 5.74) is 1.89. The third-order valence-corrected chi connectivity index (χ3v) is 6.29. The number of rotatable bonds is 7. The van der Waals surface area contributed by atoms with Crippen molar-refractivity contribution in [3.63, 3.8) is 0 Å². The van der Waals surface area contributed by atoms with Crippen molar-refractivity contribution in [1.29, 1.82) is 0 Å². The maximum Gasteiger partial charge on any atom is 0.227 e. The van der Waals surface area contributed by atoms with Gasteiger partial charge in [-0.3, -0.25) is 4.79 Å². The Labute approximate surface area is 201 Å². The van der Waals surface area contributed by atoms with Gasteiger partial charge in [0.1, 0.15) is 30.1 Å². The van der Waals surface area contributed by atoms with Crippen molar-refractivity contribution in [1.82, 2.24) is 9.55 Å². The molecule has 0 saturated carbocycles. The average Bonchev–Trinajstić information content (AvgIpc) is 3.39. The predicted octanol–water partition coefficient (Wildman–Crippen LogP) is 4.79. The van der Waals surface area contributed by atoms with Crippen LogP contribution in [0.15, 0.2) is 72.8 Å². The number of imidazole rings is 1. The van der Waals surface area contributed by atoms with Crippen molar-refractivity contribution in [2.45, 2.75) is 25.0 Å². The lowest BCUT2D eigenvalue weighted by atomic mass is 10.1. The summed E-state index contributed by atoms with van der Waals surface area (Å²) in [5, 5.41) is 11.2. The molecule has 1 saturated heterocycles. The fraction of sp³-hybridized carbons (Fsp3) is 0.231. The first-order valence-electron chi connectivity index (χ1n) is 11.1. The van der Waals surface area contributed by atoms with Crippen LogP contribution in [0, 0.1) is 5.82 Å². The van der Waals surface area contributed by atoms with E-state index in [1.165, 1.54) is 11.0 Å². The standard InChI is InChI=1S/C26H23ClFN3O3/c27-19-7-1-6-12-24(19)34-16-18(32)15-31-23-11-5-3-9-21(23)29-26(31)17-13-25(33)30(14-17)22-10-4-2-8-20(22)28/h1-12,17-18,32H,13-16H2/t17-,18-/m1/s1. The molecular weight excluding hydrogens is 457 g/mol. The van der Waals surface area contributed by atoms with Gasteiger partial charge in [0.15, 0.2) is 0 Å².